The molecule has 5 heteroatoms. The fourth-order valence-corrected chi connectivity index (χ4v) is 1.91. The number of rotatable bonds is 2. The van der Waals surface area contributed by atoms with Crippen molar-refractivity contribution in [1.82, 2.24) is 4.90 Å². The Morgan fingerprint density at radius 3 is 2.33 bits per heavy atom. The van der Waals surface area contributed by atoms with E-state index in [0.29, 0.717) is 18.5 Å². The van der Waals surface area contributed by atoms with Gasteiger partial charge in [0, 0.05) is 5.70 Å². The average Bonchev–Trinajstić information content (AvgIpc) is 2.79. The molecule has 0 aromatic carbocycles. The highest BCUT2D eigenvalue weighted by Gasteiger charge is 2.39. The van der Waals surface area contributed by atoms with Crippen LogP contribution in [0.1, 0.15) is 54.4 Å². The summed E-state index contributed by atoms with van der Waals surface area (Å²) in [7, 11) is 0. The Labute approximate surface area is 127 Å². The normalized spacial score (nSPS) is 19.0. The minimum absolute atomic E-state index is 0.108. The zero-order valence-electron chi connectivity index (χ0n) is 14.0. The summed E-state index contributed by atoms with van der Waals surface area (Å²) in [6.45, 7) is 14.9. The Morgan fingerprint density at radius 2 is 1.90 bits per heavy atom. The van der Waals surface area contributed by atoms with Crippen molar-refractivity contribution in [3.05, 3.63) is 24.0 Å². The van der Waals surface area contributed by atoms with Crippen molar-refractivity contribution in [2.75, 3.05) is 0 Å². The first kappa shape index (κ1) is 19.2. The lowest BCUT2D eigenvalue weighted by Crippen LogP contribution is -2.44. The number of allylic oxidation sites excluding steroid dienone is 2. The first-order chi connectivity index (χ1) is 9.67. The van der Waals surface area contributed by atoms with Crippen molar-refractivity contribution in [2.24, 2.45) is 5.73 Å². The van der Waals surface area contributed by atoms with Gasteiger partial charge in [-0.15, -0.1) is 0 Å². The molecule has 1 atom stereocenters. The molecular weight excluding hydrogens is 268 g/mol. The van der Waals surface area contributed by atoms with Crippen LogP contribution in [0.5, 0.6) is 0 Å². The highest BCUT2D eigenvalue weighted by Crippen LogP contribution is 2.29. The van der Waals surface area contributed by atoms with E-state index in [1.165, 1.54) is 11.0 Å². The molecule has 21 heavy (non-hydrogen) atoms. The number of carbonyl (C=O) groups is 2. The van der Waals surface area contributed by atoms with Crippen LogP contribution in [0.2, 0.25) is 0 Å². The molecule has 120 valence electrons. The van der Waals surface area contributed by atoms with Crippen LogP contribution in [0, 0.1) is 0 Å². The molecule has 5 nitrogen and oxygen atoms in total. The van der Waals surface area contributed by atoms with Gasteiger partial charge in [-0.2, -0.15) is 0 Å². The van der Waals surface area contributed by atoms with E-state index < -0.39 is 17.6 Å². The molecule has 0 aliphatic carbocycles. The molecule has 1 saturated heterocycles. The van der Waals surface area contributed by atoms with E-state index in [1.54, 1.807) is 27.7 Å². The number of hydrogen-bond donors (Lipinski definition) is 1. The Morgan fingerprint density at radius 1 is 1.38 bits per heavy atom. The van der Waals surface area contributed by atoms with Crippen LogP contribution >= 0.6 is 0 Å². The summed E-state index contributed by atoms with van der Waals surface area (Å²) in [5.74, 6) is -0.802. The van der Waals surface area contributed by atoms with Gasteiger partial charge < -0.3 is 10.5 Å². The fourth-order valence-electron chi connectivity index (χ4n) is 1.91. The van der Waals surface area contributed by atoms with Gasteiger partial charge in [-0.05, 0) is 40.5 Å². The Bertz CT molecular complexity index is 433. The summed E-state index contributed by atoms with van der Waals surface area (Å²) < 4.78 is 5.33. The molecular formula is C16H28N2O3. The molecule has 1 rings (SSSR count). The minimum atomic E-state index is -0.627. The molecule has 1 aliphatic heterocycles. The van der Waals surface area contributed by atoms with E-state index in [-0.39, 0.29) is 11.6 Å². The zero-order chi connectivity index (χ0) is 16.8. The maximum absolute atomic E-state index is 12.1. The molecule has 0 bridgehead atoms. The second-order valence-corrected chi connectivity index (χ2v) is 5.57. The Hall–Kier alpha value is -1.78. The third-order valence-electron chi connectivity index (χ3n) is 2.81. The average molecular weight is 296 g/mol. The largest absolute Gasteiger partial charge is 0.458 e. The lowest BCUT2D eigenvalue weighted by molar-refractivity contribution is -0.162. The first-order valence-electron chi connectivity index (χ1n) is 7.33. The van der Waals surface area contributed by atoms with E-state index in [1.807, 2.05) is 13.8 Å². The summed E-state index contributed by atoms with van der Waals surface area (Å²) in [5, 5.41) is 0. The van der Waals surface area contributed by atoms with Gasteiger partial charge in [0.15, 0.2) is 0 Å². The van der Waals surface area contributed by atoms with Gasteiger partial charge in [0.1, 0.15) is 11.6 Å². The first-order valence-corrected chi connectivity index (χ1v) is 7.33. The number of amides is 1. The van der Waals surface area contributed by atoms with Gasteiger partial charge in [0.2, 0.25) is 0 Å². The number of ether oxygens (including phenoxy) is 1. The highest BCUT2D eigenvalue weighted by molar-refractivity contribution is 5.97. The predicted octanol–water partition coefficient (Wildman–Crippen LogP) is 2.72. The molecule has 0 radical (unpaired) electrons. The summed E-state index contributed by atoms with van der Waals surface area (Å²) >= 11 is 0. The lowest BCUT2D eigenvalue weighted by Gasteiger charge is -2.27. The van der Waals surface area contributed by atoms with Gasteiger partial charge in [-0.3, -0.25) is 9.69 Å². The van der Waals surface area contributed by atoms with E-state index >= 15 is 0 Å². The van der Waals surface area contributed by atoms with Crippen LogP contribution in [0.25, 0.3) is 0 Å². The number of esters is 1. The molecule has 1 aliphatic rings. The number of likely N-dealkylation sites (tertiary alicyclic amines) is 1. The van der Waals surface area contributed by atoms with E-state index in [2.05, 4.69) is 6.58 Å². The second kappa shape index (κ2) is 7.86. The van der Waals surface area contributed by atoms with Gasteiger partial charge in [0.05, 0.1) is 5.70 Å². The molecule has 2 N–H and O–H groups in total. The van der Waals surface area contributed by atoms with Gasteiger partial charge in [0.25, 0.3) is 5.91 Å². The number of nitrogens with zero attached hydrogens (tertiary/aromatic N) is 1. The summed E-state index contributed by atoms with van der Waals surface area (Å²) in [6.07, 6.45) is 2.63. The standard InChI is InChI=1S/C14H22N2O3.C2H6/c1-6-10(15)12(17)16-9(2)7-8-11(16)13(18)19-14(3,4)5;1-2/h6,11H,2,7-8,15H2,1,3-5H3;1-2H3/b10-6+;. The fraction of sp³-hybridized carbons (Fsp3) is 0.625. The summed E-state index contributed by atoms with van der Waals surface area (Å²) in [4.78, 5) is 25.6. The summed E-state index contributed by atoms with van der Waals surface area (Å²) in [5.41, 5.74) is 5.75. The third kappa shape index (κ3) is 5.25. The van der Waals surface area contributed by atoms with Crippen LogP contribution in [0.3, 0.4) is 0 Å². The van der Waals surface area contributed by atoms with Gasteiger partial charge in [-0.25, -0.2) is 4.79 Å². The minimum Gasteiger partial charge on any atom is -0.458 e. The van der Waals surface area contributed by atoms with Crippen molar-refractivity contribution < 1.29 is 14.3 Å². The molecule has 1 fully saturated rings. The number of nitrogens with two attached hydrogens (primary N) is 1. The molecule has 1 amide bonds. The van der Waals surface area contributed by atoms with Crippen LogP contribution in [0.15, 0.2) is 24.0 Å². The SMILES string of the molecule is C=C1CCC(C(=O)OC(C)(C)C)N1C(=O)/C(N)=C\C.CC. The number of hydrogen-bond acceptors (Lipinski definition) is 4. The van der Waals surface area contributed by atoms with Crippen molar-refractivity contribution in [1.29, 1.82) is 0 Å². The van der Waals surface area contributed by atoms with Crippen molar-refractivity contribution in [3.8, 4) is 0 Å². The molecule has 0 saturated carbocycles. The third-order valence-corrected chi connectivity index (χ3v) is 2.81. The van der Waals surface area contributed by atoms with Crippen molar-refractivity contribution >= 4 is 11.9 Å². The zero-order valence-corrected chi connectivity index (χ0v) is 14.0. The highest BCUT2D eigenvalue weighted by atomic mass is 16.6. The van der Waals surface area contributed by atoms with Crippen LogP contribution in [0.4, 0.5) is 0 Å². The smallest absolute Gasteiger partial charge is 0.329 e. The van der Waals surface area contributed by atoms with Crippen LogP contribution in [-0.4, -0.2) is 28.4 Å². The van der Waals surface area contributed by atoms with Crippen molar-refractivity contribution in [3.63, 3.8) is 0 Å². The van der Waals surface area contributed by atoms with Crippen LogP contribution in [-0.2, 0) is 14.3 Å². The quantitative estimate of drug-likeness (QED) is 0.628. The maximum atomic E-state index is 12.1. The maximum Gasteiger partial charge on any atom is 0.329 e. The molecule has 1 heterocycles. The molecule has 0 aromatic rings. The van der Waals surface area contributed by atoms with Crippen molar-refractivity contribution in [2.45, 2.75) is 66.0 Å². The van der Waals surface area contributed by atoms with Gasteiger partial charge >= 0.3 is 5.97 Å². The topological polar surface area (TPSA) is 72.6 Å². The summed E-state index contributed by atoms with van der Waals surface area (Å²) in [6, 6.07) is -0.627. The number of carbonyl (C=O) groups excluding carboxylic acids is 2. The van der Waals surface area contributed by atoms with Gasteiger partial charge in [-0.1, -0.05) is 26.5 Å². The predicted molar refractivity (Wildman–Crippen MR) is 84.1 cm³/mol. The molecule has 0 aromatic heterocycles. The Kier molecular flexibility index (Phi) is 7.19. The Balaban J connectivity index is 0.00000191. The monoisotopic (exact) mass is 296 g/mol. The van der Waals surface area contributed by atoms with Crippen LogP contribution < -0.4 is 5.73 Å². The van der Waals surface area contributed by atoms with E-state index in [9.17, 15) is 9.59 Å². The second-order valence-electron chi connectivity index (χ2n) is 5.57. The molecule has 1 unspecified atom stereocenters. The lowest BCUT2D eigenvalue weighted by atomic mass is 10.1. The van der Waals surface area contributed by atoms with E-state index in [0.717, 1.165) is 0 Å². The van der Waals surface area contributed by atoms with E-state index in [4.69, 9.17) is 10.5 Å². The molecule has 0 spiro atoms.